The number of benzene rings is 1. The van der Waals surface area contributed by atoms with Crippen LogP contribution in [0.25, 0.3) is 0 Å². The largest absolute Gasteiger partial charge is 0.479 e. The van der Waals surface area contributed by atoms with Crippen molar-refractivity contribution in [1.82, 2.24) is 0 Å². The van der Waals surface area contributed by atoms with Crippen LogP contribution in [0.4, 0.5) is 0 Å². The zero-order chi connectivity index (χ0) is 10.6. The van der Waals surface area contributed by atoms with Crippen molar-refractivity contribution in [2.45, 2.75) is 12.5 Å². The molecule has 76 valence electrons. The highest BCUT2D eigenvalue weighted by molar-refractivity contribution is 5.78. The summed E-state index contributed by atoms with van der Waals surface area (Å²) in [6.07, 6.45) is 0. The van der Waals surface area contributed by atoms with E-state index >= 15 is 0 Å². The Morgan fingerprint density at radius 2 is 2.00 bits per heavy atom. The summed E-state index contributed by atoms with van der Waals surface area (Å²) in [4.78, 5) is 11.0. The molecule has 1 aromatic carbocycles. The fraction of sp³-hybridized carbons (Fsp3) is 0.300. The number of carboxylic acid groups (broad SMARTS) is 1. The summed E-state index contributed by atoms with van der Waals surface area (Å²) in [5.41, 5.74) is -0.989. The number of carbonyl (C=O) groups is 1. The summed E-state index contributed by atoms with van der Waals surface area (Å²) >= 11 is 0. The first-order chi connectivity index (χ1) is 6.61. The minimum atomic E-state index is -1.49. The van der Waals surface area contributed by atoms with Crippen LogP contribution in [0.3, 0.4) is 0 Å². The smallest absolute Gasteiger partial charge is 0.340 e. The third-order valence-corrected chi connectivity index (χ3v) is 2.09. The number of rotatable bonds is 4. The highest BCUT2D eigenvalue weighted by atomic mass is 16.6. The van der Waals surface area contributed by atoms with Crippen LogP contribution in [0.5, 0.6) is 0 Å². The monoisotopic (exact) mass is 196 g/mol. The molecule has 4 nitrogen and oxygen atoms in total. The Morgan fingerprint density at radius 3 is 2.43 bits per heavy atom. The molecule has 0 aromatic heterocycles. The molecule has 0 saturated carbocycles. The SMILES string of the molecule is CC(OCO)(C(=O)O)c1ccccc1. The van der Waals surface area contributed by atoms with Crippen molar-refractivity contribution < 1.29 is 19.7 Å². The second-order valence-corrected chi connectivity index (χ2v) is 2.98. The van der Waals surface area contributed by atoms with Gasteiger partial charge in [0.1, 0.15) is 6.79 Å². The van der Waals surface area contributed by atoms with E-state index in [9.17, 15) is 4.79 Å². The predicted molar refractivity (Wildman–Crippen MR) is 49.6 cm³/mol. The minimum Gasteiger partial charge on any atom is -0.479 e. The third kappa shape index (κ3) is 1.92. The van der Waals surface area contributed by atoms with E-state index in [2.05, 4.69) is 0 Å². The lowest BCUT2D eigenvalue weighted by Crippen LogP contribution is -2.35. The van der Waals surface area contributed by atoms with Crippen LogP contribution >= 0.6 is 0 Å². The normalized spacial score (nSPS) is 14.7. The lowest BCUT2D eigenvalue weighted by molar-refractivity contribution is -0.177. The van der Waals surface area contributed by atoms with E-state index in [-0.39, 0.29) is 0 Å². The minimum absolute atomic E-state index is 0.501. The van der Waals surface area contributed by atoms with Gasteiger partial charge < -0.3 is 14.9 Å². The number of aliphatic hydroxyl groups excluding tert-OH is 1. The van der Waals surface area contributed by atoms with Gasteiger partial charge in [-0.05, 0) is 12.5 Å². The van der Waals surface area contributed by atoms with Crippen LogP contribution in [0, 0.1) is 0 Å². The number of aliphatic hydroxyl groups is 1. The molecular formula is C10H12O4. The first-order valence-electron chi connectivity index (χ1n) is 4.15. The zero-order valence-corrected chi connectivity index (χ0v) is 7.80. The molecule has 1 aromatic rings. The van der Waals surface area contributed by atoms with E-state index in [0.29, 0.717) is 5.56 Å². The highest BCUT2D eigenvalue weighted by Crippen LogP contribution is 2.24. The van der Waals surface area contributed by atoms with Gasteiger partial charge >= 0.3 is 5.97 Å². The Bertz CT molecular complexity index is 309. The van der Waals surface area contributed by atoms with Crippen LogP contribution in [0.1, 0.15) is 12.5 Å². The van der Waals surface area contributed by atoms with Crippen molar-refractivity contribution in [2.24, 2.45) is 0 Å². The number of hydrogen-bond acceptors (Lipinski definition) is 3. The van der Waals surface area contributed by atoms with Crippen LogP contribution in [0.15, 0.2) is 30.3 Å². The van der Waals surface area contributed by atoms with E-state index in [0.717, 1.165) is 0 Å². The van der Waals surface area contributed by atoms with Gasteiger partial charge in [0.25, 0.3) is 0 Å². The van der Waals surface area contributed by atoms with E-state index in [1.165, 1.54) is 6.92 Å². The average Bonchev–Trinajstić information content (AvgIpc) is 2.19. The summed E-state index contributed by atoms with van der Waals surface area (Å²) in [6.45, 7) is 0.776. The van der Waals surface area contributed by atoms with Gasteiger partial charge in [0, 0.05) is 0 Å². The number of ether oxygens (including phenoxy) is 1. The van der Waals surface area contributed by atoms with Gasteiger partial charge in [0.05, 0.1) is 0 Å². The maximum atomic E-state index is 11.0. The zero-order valence-electron chi connectivity index (χ0n) is 7.80. The van der Waals surface area contributed by atoms with E-state index in [1.54, 1.807) is 30.3 Å². The molecule has 0 bridgehead atoms. The molecule has 0 saturated heterocycles. The molecule has 0 aliphatic rings. The summed E-state index contributed by atoms with van der Waals surface area (Å²) in [5, 5.41) is 17.6. The second-order valence-electron chi connectivity index (χ2n) is 2.98. The van der Waals surface area contributed by atoms with Gasteiger partial charge in [-0.2, -0.15) is 0 Å². The Kier molecular flexibility index (Phi) is 3.22. The summed E-state index contributed by atoms with van der Waals surface area (Å²) in [5.74, 6) is -1.13. The Labute approximate surface area is 81.8 Å². The molecular weight excluding hydrogens is 184 g/mol. The molecule has 14 heavy (non-hydrogen) atoms. The molecule has 0 aliphatic heterocycles. The maximum absolute atomic E-state index is 11.0. The molecule has 0 heterocycles. The first kappa shape index (κ1) is 10.7. The summed E-state index contributed by atoms with van der Waals surface area (Å²) in [6, 6.07) is 8.51. The Balaban J connectivity index is 3.06. The van der Waals surface area contributed by atoms with Crippen LogP contribution in [-0.2, 0) is 15.1 Å². The standard InChI is InChI=1S/C10H12O4/c1-10(9(12)13,14-7-11)8-5-3-2-4-6-8/h2-6,11H,7H2,1H3,(H,12,13). The number of carboxylic acids is 1. The molecule has 0 aliphatic carbocycles. The van der Waals surface area contributed by atoms with Gasteiger partial charge in [-0.3, -0.25) is 0 Å². The van der Waals surface area contributed by atoms with Crippen LogP contribution in [-0.4, -0.2) is 23.0 Å². The van der Waals surface area contributed by atoms with Crippen LogP contribution in [0.2, 0.25) is 0 Å². The number of hydrogen-bond donors (Lipinski definition) is 2. The van der Waals surface area contributed by atoms with E-state index < -0.39 is 18.4 Å². The van der Waals surface area contributed by atoms with Crippen molar-refractivity contribution in [3.63, 3.8) is 0 Å². The van der Waals surface area contributed by atoms with Gasteiger partial charge in [-0.15, -0.1) is 0 Å². The fourth-order valence-electron chi connectivity index (χ4n) is 1.15. The maximum Gasteiger partial charge on any atom is 0.340 e. The van der Waals surface area contributed by atoms with E-state index in [4.69, 9.17) is 14.9 Å². The molecule has 1 atom stereocenters. The first-order valence-corrected chi connectivity index (χ1v) is 4.15. The van der Waals surface area contributed by atoms with Crippen molar-refractivity contribution >= 4 is 5.97 Å². The molecule has 0 spiro atoms. The van der Waals surface area contributed by atoms with Crippen molar-refractivity contribution in [2.75, 3.05) is 6.79 Å². The molecule has 0 radical (unpaired) electrons. The van der Waals surface area contributed by atoms with Gasteiger partial charge in [-0.1, -0.05) is 30.3 Å². The lowest BCUT2D eigenvalue weighted by Gasteiger charge is -2.24. The van der Waals surface area contributed by atoms with Crippen molar-refractivity contribution in [3.8, 4) is 0 Å². The highest BCUT2D eigenvalue weighted by Gasteiger charge is 2.36. The fourth-order valence-corrected chi connectivity index (χ4v) is 1.15. The predicted octanol–water partition coefficient (Wildman–Crippen LogP) is 0.953. The third-order valence-electron chi connectivity index (χ3n) is 2.09. The summed E-state index contributed by atoms with van der Waals surface area (Å²) in [7, 11) is 0. The van der Waals surface area contributed by atoms with Gasteiger partial charge in [0.2, 0.25) is 0 Å². The summed E-state index contributed by atoms with van der Waals surface area (Å²) < 4.78 is 4.83. The molecule has 2 N–H and O–H groups in total. The lowest BCUT2D eigenvalue weighted by atomic mass is 9.96. The van der Waals surface area contributed by atoms with Gasteiger partial charge in [0.15, 0.2) is 5.60 Å². The van der Waals surface area contributed by atoms with Crippen molar-refractivity contribution in [1.29, 1.82) is 0 Å². The molecule has 1 rings (SSSR count). The molecule has 0 fully saturated rings. The average molecular weight is 196 g/mol. The molecule has 1 unspecified atom stereocenters. The Hall–Kier alpha value is -1.39. The van der Waals surface area contributed by atoms with E-state index in [1.807, 2.05) is 0 Å². The second kappa shape index (κ2) is 4.21. The number of aliphatic carboxylic acids is 1. The molecule has 4 heteroatoms. The van der Waals surface area contributed by atoms with Crippen molar-refractivity contribution in [3.05, 3.63) is 35.9 Å². The van der Waals surface area contributed by atoms with Crippen LogP contribution < -0.4 is 0 Å². The Morgan fingerprint density at radius 1 is 1.43 bits per heavy atom. The quantitative estimate of drug-likeness (QED) is 0.704. The van der Waals surface area contributed by atoms with Gasteiger partial charge in [-0.25, -0.2) is 4.79 Å². The topological polar surface area (TPSA) is 66.8 Å². The molecule has 0 amide bonds.